The zero-order chi connectivity index (χ0) is 13.4. The van der Waals surface area contributed by atoms with Gasteiger partial charge in [0, 0.05) is 13.1 Å². The Kier molecular flexibility index (Phi) is 2.77. The fraction of sp³-hybridized carbons (Fsp3) is 0.385. The minimum absolute atomic E-state index is 0.0356. The summed E-state index contributed by atoms with van der Waals surface area (Å²) in [5.74, 6) is 0. The number of likely N-dealkylation sites (tertiary alicyclic amines) is 1. The smallest absolute Gasteiger partial charge is 0.407 e. The number of rotatable bonds is 1. The first-order valence-electron chi connectivity index (χ1n) is 6.38. The number of H-pyrrole nitrogens is 1. The van der Waals surface area contributed by atoms with Crippen LogP contribution in [-0.4, -0.2) is 38.7 Å². The molecule has 6 nitrogen and oxygen atoms in total. The summed E-state index contributed by atoms with van der Waals surface area (Å²) in [7, 11) is 0. The van der Waals surface area contributed by atoms with Crippen LogP contribution in [0.25, 0.3) is 11.0 Å². The van der Waals surface area contributed by atoms with Crippen molar-refractivity contribution < 1.29 is 9.90 Å². The Balaban J connectivity index is 2.02. The molecule has 1 fully saturated rings. The molecule has 0 radical (unpaired) electrons. The van der Waals surface area contributed by atoms with Crippen molar-refractivity contribution in [1.82, 2.24) is 14.5 Å². The summed E-state index contributed by atoms with van der Waals surface area (Å²) in [6, 6.07) is 7.79. The molecule has 100 valence electrons. The monoisotopic (exact) mass is 260 g/mol. The Morgan fingerprint density at radius 3 is 3.00 bits per heavy atom. The number of amides is 1. The van der Waals surface area contributed by atoms with Crippen molar-refractivity contribution in [1.29, 1.82) is 5.41 Å². The van der Waals surface area contributed by atoms with Gasteiger partial charge in [-0.2, -0.15) is 0 Å². The van der Waals surface area contributed by atoms with Crippen molar-refractivity contribution in [3.8, 4) is 0 Å². The number of carboxylic acid groups (broad SMARTS) is 1. The van der Waals surface area contributed by atoms with Gasteiger partial charge in [-0.1, -0.05) is 12.1 Å². The topological polar surface area (TPSA) is 85.1 Å². The Bertz CT molecular complexity index is 673. The maximum Gasteiger partial charge on any atom is 0.407 e. The Morgan fingerprint density at radius 1 is 1.42 bits per heavy atom. The summed E-state index contributed by atoms with van der Waals surface area (Å²) in [6.45, 7) is 1.04. The summed E-state index contributed by atoms with van der Waals surface area (Å²) in [5, 5.41) is 17.1. The number of benzene rings is 1. The number of fused-ring (bicyclic) bond motifs is 1. The maximum absolute atomic E-state index is 11.1. The number of aromatic amines is 1. The summed E-state index contributed by atoms with van der Waals surface area (Å²) in [5.41, 5.74) is 2.21. The van der Waals surface area contributed by atoms with Crippen LogP contribution >= 0.6 is 0 Å². The van der Waals surface area contributed by atoms with Gasteiger partial charge in [-0.15, -0.1) is 0 Å². The van der Waals surface area contributed by atoms with Gasteiger partial charge in [0.25, 0.3) is 0 Å². The molecule has 19 heavy (non-hydrogen) atoms. The second-order valence-corrected chi connectivity index (χ2v) is 4.89. The lowest BCUT2D eigenvalue weighted by atomic mass is 10.1. The van der Waals surface area contributed by atoms with Crippen molar-refractivity contribution in [2.75, 3.05) is 13.1 Å². The van der Waals surface area contributed by atoms with Crippen LogP contribution in [0.1, 0.15) is 18.9 Å². The molecule has 3 rings (SSSR count). The fourth-order valence-corrected chi connectivity index (χ4v) is 2.82. The molecule has 1 atom stereocenters. The predicted molar refractivity (Wildman–Crippen MR) is 70.0 cm³/mol. The molecule has 0 aliphatic carbocycles. The maximum atomic E-state index is 11.1. The Hall–Kier alpha value is -2.24. The van der Waals surface area contributed by atoms with E-state index in [1.54, 1.807) is 0 Å². The van der Waals surface area contributed by atoms with Crippen LogP contribution in [0.4, 0.5) is 4.79 Å². The summed E-state index contributed by atoms with van der Waals surface area (Å²) in [4.78, 5) is 15.5. The molecule has 2 heterocycles. The molecular formula is C13H16N4O2. The number of carbonyl (C=O) groups is 1. The van der Waals surface area contributed by atoms with Crippen LogP contribution in [0.3, 0.4) is 0 Å². The summed E-state index contributed by atoms with van der Waals surface area (Å²) >= 11 is 0. The van der Waals surface area contributed by atoms with Gasteiger partial charge in [-0.25, -0.2) is 4.79 Å². The van der Waals surface area contributed by atoms with Gasteiger partial charge in [-0.05, 0) is 25.0 Å². The number of nitrogens with zero attached hydrogens (tertiary/aromatic N) is 2. The van der Waals surface area contributed by atoms with Crippen molar-refractivity contribution >= 4 is 17.1 Å². The minimum atomic E-state index is -0.878. The third-order valence-corrected chi connectivity index (χ3v) is 3.69. The molecule has 1 saturated heterocycles. The van der Waals surface area contributed by atoms with Crippen molar-refractivity contribution in [3.05, 3.63) is 29.9 Å². The van der Waals surface area contributed by atoms with Crippen LogP contribution in [0.2, 0.25) is 0 Å². The highest BCUT2D eigenvalue weighted by atomic mass is 16.4. The number of aromatic nitrogens is 2. The van der Waals surface area contributed by atoms with E-state index >= 15 is 0 Å². The van der Waals surface area contributed by atoms with Gasteiger partial charge in [0.05, 0.1) is 17.1 Å². The second kappa shape index (κ2) is 4.46. The molecule has 2 aromatic rings. The third-order valence-electron chi connectivity index (χ3n) is 3.69. The van der Waals surface area contributed by atoms with Gasteiger partial charge in [0.15, 0.2) is 0 Å². The summed E-state index contributed by atoms with van der Waals surface area (Å²) in [6.07, 6.45) is 0.863. The van der Waals surface area contributed by atoms with Crippen LogP contribution in [-0.2, 0) is 0 Å². The molecule has 1 amide bonds. The van der Waals surface area contributed by atoms with Crippen molar-refractivity contribution in [3.63, 3.8) is 0 Å². The first kappa shape index (κ1) is 11.8. The lowest BCUT2D eigenvalue weighted by molar-refractivity contribution is 0.121. The first-order chi connectivity index (χ1) is 9.16. The molecule has 1 aliphatic heterocycles. The molecule has 1 aliphatic rings. The molecule has 1 aromatic heterocycles. The van der Waals surface area contributed by atoms with Crippen LogP contribution in [0, 0.1) is 5.41 Å². The molecule has 0 saturated carbocycles. The van der Waals surface area contributed by atoms with E-state index in [0.29, 0.717) is 18.7 Å². The van der Waals surface area contributed by atoms with Gasteiger partial charge >= 0.3 is 6.09 Å². The highest BCUT2D eigenvalue weighted by molar-refractivity contribution is 5.75. The van der Waals surface area contributed by atoms with E-state index in [1.807, 2.05) is 28.8 Å². The molecule has 3 N–H and O–H groups in total. The molecule has 1 unspecified atom stereocenters. The van der Waals surface area contributed by atoms with E-state index in [4.69, 9.17) is 10.5 Å². The molecule has 1 aromatic carbocycles. The first-order valence-corrected chi connectivity index (χ1v) is 6.38. The highest BCUT2D eigenvalue weighted by Crippen LogP contribution is 2.23. The number of hydrogen-bond donors (Lipinski definition) is 3. The standard InChI is InChI=1S/C13H16N4O2/c14-12-15-10-5-1-2-6-11(10)17(12)9-4-3-7-16(8-9)13(18)19/h1-2,5-6,9H,3-4,7-8H2,(H2,14,15)(H,18,19). The minimum Gasteiger partial charge on any atom is -0.465 e. The van der Waals surface area contributed by atoms with Crippen LogP contribution < -0.4 is 5.62 Å². The van der Waals surface area contributed by atoms with E-state index in [-0.39, 0.29) is 6.04 Å². The molecule has 0 spiro atoms. The van der Waals surface area contributed by atoms with Gasteiger partial charge in [0.2, 0.25) is 5.62 Å². The number of nitrogens with one attached hydrogen (secondary N) is 2. The Morgan fingerprint density at radius 2 is 2.21 bits per heavy atom. The normalized spacial score (nSPS) is 19.8. The number of hydrogen-bond acceptors (Lipinski definition) is 2. The van der Waals surface area contributed by atoms with Gasteiger partial charge in [0.1, 0.15) is 0 Å². The second-order valence-electron chi connectivity index (χ2n) is 4.89. The van der Waals surface area contributed by atoms with E-state index in [1.165, 1.54) is 4.90 Å². The van der Waals surface area contributed by atoms with Crippen molar-refractivity contribution in [2.45, 2.75) is 18.9 Å². The lowest BCUT2D eigenvalue weighted by Crippen LogP contribution is -2.41. The number of piperidine rings is 1. The van der Waals surface area contributed by atoms with Gasteiger partial charge in [-0.3, -0.25) is 5.41 Å². The molecule has 0 bridgehead atoms. The van der Waals surface area contributed by atoms with Gasteiger partial charge < -0.3 is 19.6 Å². The highest BCUT2D eigenvalue weighted by Gasteiger charge is 2.25. The largest absolute Gasteiger partial charge is 0.465 e. The van der Waals surface area contributed by atoms with E-state index in [9.17, 15) is 4.79 Å². The number of imidazole rings is 1. The average Bonchev–Trinajstić information content (AvgIpc) is 2.74. The molecular weight excluding hydrogens is 244 g/mol. The number of para-hydroxylation sites is 2. The predicted octanol–water partition coefficient (Wildman–Crippen LogP) is 1.76. The fourth-order valence-electron chi connectivity index (χ4n) is 2.82. The van der Waals surface area contributed by atoms with E-state index in [0.717, 1.165) is 23.9 Å². The average molecular weight is 260 g/mol. The SMILES string of the molecule is N=c1[nH]c2ccccc2n1C1CCCN(C(=O)O)C1. The quantitative estimate of drug-likeness (QED) is 0.730. The van der Waals surface area contributed by atoms with Crippen LogP contribution in [0.15, 0.2) is 24.3 Å². The lowest BCUT2D eigenvalue weighted by Gasteiger charge is -2.31. The zero-order valence-electron chi connectivity index (χ0n) is 10.5. The zero-order valence-corrected chi connectivity index (χ0v) is 10.5. The molecule has 6 heteroatoms. The Labute approximate surface area is 109 Å². The van der Waals surface area contributed by atoms with Crippen molar-refractivity contribution in [2.24, 2.45) is 0 Å². The van der Waals surface area contributed by atoms with E-state index in [2.05, 4.69) is 4.98 Å². The van der Waals surface area contributed by atoms with E-state index < -0.39 is 6.09 Å². The third kappa shape index (κ3) is 1.99. The summed E-state index contributed by atoms with van der Waals surface area (Å²) < 4.78 is 1.91. The van der Waals surface area contributed by atoms with Crippen LogP contribution in [0.5, 0.6) is 0 Å².